The fourth-order valence-corrected chi connectivity index (χ4v) is 3.44. The Kier molecular flexibility index (Phi) is 7.88. The van der Waals surface area contributed by atoms with E-state index in [9.17, 15) is 4.91 Å². The average Bonchev–Trinajstić information content (AvgIpc) is 2.60. The van der Waals surface area contributed by atoms with Gasteiger partial charge in [-0.1, -0.05) is 86.3 Å². The SMILES string of the molecule is CCCCCCCC(N=O)c1ccc(Sc2ccccc2)cc1. The van der Waals surface area contributed by atoms with Gasteiger partial charge in [0, 0.05) is 9.79 Å². The Hall–Kier alpha value is -1.61. The number of nitroso groups, excluding NO2 is 1. The summed E-state index contributed by atoms with van der Waals surface area (Å²) in [6.07, 6.45) is 6.92. The van der Waals surface area contributed by atoms with E-state index in [1.807, 2.05) is 30.3 Å². The normalized spacial score (nSPS) is 12.0. The lowest BCUT2D eigenvalue weighted by Gasteiger charge is -2.10. The van der Waals surface area contributed by atoms with Crippen molar-refractivity contribution in [3.8, 4) is 0 Å². The lowest BCUT2D eigenvalue weighted by atomic mass is 10.0. The summed E-state index contributed by atoms with van der Waals surface area (Å²) < 4.78 is 0. The Morgan fingerprint density at radius 3 is 2.17 bits per heavy atom. The summed E-state index contributed by atoms with van der Waals surface area (Å²) in [6, 6.07) is 18.4. The molecule has 0 N–H and O–H groups in total. The van der Waals surface area contributed by atoms with Gasteiger partial charge in [0.1, 0.15) is 6.04 Å². The standard InChI is InChI=1S/C20H25NOS/c1-2-3-4-5-9-12-20(21-22)17-13-15-19(16-14-17)23-18-10-7-6-8-11-18/h6-8,10-11,13-16,20H,2-5,9,12H2,1H3. The molecule has 0 aliphatic rings. The van der Waals surface area contributed by atoms with Crippen LogP contribution in [0, 0.1) is 4.91 Å². The topological polar surface area (TPSA) is 29.4 Å². The first-order valence-corrected chi connectivity index (χ1v) is 9.30. The zero-order valence-corrected chi connectivity index (χ0v) is 14.6. The lowest BCUT2D eigenvalue weighted by Crippen LogP contribution is -1.95. The van der Waals surface area contributed by atoms with E-state index in [1.165, 1.54) is 35.5 Å². The van der Waals surface area contributed by atoms with Gasteiger partial charge >= 0.3 is 0 Å². The Labute approximate surface area is 143 Å². The Balaban J connectivity index is 1.87. The van der Waals surface area contributed by atoms with Crippen LogP contribution in [0.5, 0.6) is 0 Å². The molecule has 0 aromatic heterocycles. The molecule has 0 aliphatic heterocycles. The van der Waals surface area contributed by atoms with Crippen molar-refractivity contribution in [2.24, 2.45) is 5.18 Å². The maximum Gasteiger partial charge on any atom is 0.117 e. The minimum Gasteiger partial charge on any atom is -0.150 e. The fourth-order valence-electron chi connectivity index (χ4n) is 2.60. The molecule has 122 valence electrons. The molecule has 0 amide bonds. The molecule has 0 bridgehead atoms. The second-order valence-electron chi connectivity index (χ2n) is 5.81. The Morgan fingerprint density at radius 2 is 1.52 bits per heavy atom. The molecule has 0 spiro atoms. The van der Waals surface area contributed by atoms with Crippen molar-refractivity contribution in [1.29, 1.82) is 0 Å². The van der Waals surface area contributed by atoms with Crippen molar-refractivity contribution in [2.45, 2.75) is 61.3 Å². The zero-order valence-electron chi connectivity index (χ0n) is 13.8. The summed E-state index contributed by atoms with van der Waals surface area (Å²) in [7, 11) is 0. The van der Waals surface area contributed by atoms with Gasteiger partial charge in [-0.2, -0.15) is 4.91 Å². The number of benzene rings is 2. The first-order valence-electron chi connectivity index (χ1n) is 8.49. The molecule has 3 heteroatoms. The molecule has 0 fully saturated rings. The van der Waals surface area contributed by atoms with Crippen LogP contribution in [-0.4, -0.2) is 0 Å². The second kappa shape index (κ2) is 10.2. The molecule has 0 aliphatic carbocycles. The van der Waals surface area contributed by atoms with E-state index in [-0.39, 0.29) is 6.04 Å². The van der Waals surface area contributed by atoms with Crippen molar-refractivity contribution in [3.05, 3.63) is 65.1 Å². The summed E-state index contributed by atoms with van der Waals surface area (Å²) in [4.78, 5) is 13.6. The molecule has 0 radical (unpaired) electrons. The zero-order chi connectivity index (χ0) is 16.3. The molecule has 1 unspecified atom stereocenters. The van der Waals surface area contributed by atoms with Gasteiger partial charge < -0.3 is 0 Å². The predicted octanol–water partition coefficient (Wildman–Crippen LogP) is 7.01. The van der Waals surface area contributed by atoms with E-state index in [0.29, 0.717) is 0 Å². The molecule has 23 heavy (non-hydrogen) atoms. The highest BCUT2D eigenvalue weighted by Gasteiger charge is 2.11. The molecule has 1 atom stereocenters. The lowest BCUT2D eigenvalue weighted by molar-refractivity contribution is 0.554. The first kappa shape index (κ1) is 17.7. The van der Waals surface area contributed by atoms with Gasteiger partial charge in [-0.3, -0.25) is 0 Å². The summed E-state index contributed by atoms with van der Waals surface area (Å²) >= 11 is 1.73. The molecule has 0 saturated carbocycles. The third-order valence-corrected chi connectivity index (χ3v) is 4.97. The quantitative estimate of drug-likeness (QED) is 0.347. The highest BCUT2D eigenvalue weighted by atomic mass is 32.2. The van der Waals surface area contributed by atoms with E-state index in [2.05, 4.69) is 36.4 Å². The number of hydrogen-bond acceptors (Lipinski definition) is 3. The van der Waals surface area contributed by atoms with Crippen molar-refractivity contribution in [1.82, 2.24) is 0 Å². The number of nitrogens with zero attached hydrogens (tertiary/aromatic N) is 1. The van der Waals surface area contributed by atoms with Crippen LogP contribution in [-0.2, 0) is 0 Å². The molecule has 2 nitrogen and oxygen atoms in total. The van der Waals surface area contributed by atoms with Crippen LogP contribution < -0.4 is 0 Å². The largest absolute Gasteiger partial charge is 0.150 e. The predicted molar refractivity (Wildman–Crippen MR) is 98.9 cm³/mol. The van der Waals surface area contributed by atoms with Crippen LogP contribution in [0.4, 0.5) is 0 Å². The monoisotopic (exact) mass is 327 g/mol. The molecule has 2 aromatic carbocycles. The molecular formula is C20H25NOS. The summed E-state index contributed by atoms with van der Waals surface area (Å²) in [5.74, 6) is 0. The highest BCUT2D eigenvalue weighted by Crippen LogP contribution is 2.30. The third-order valence-electron chi connectivity index (χ3n) is 3.95. The third kappa shape index (κ3) is 6.19. The Morgan fingerprint density at radius 1 is 0.870 bits per heavy atom. The summed E-state index contributed by atoms with van der Waals surface area (Å²) in [5.41, 5.74) is 1.04. The van der Waals surface area contributed by atoms with Crippen LogP contribution in [0.15, 0.2) is 69.6 Å². The van der Waals surface area contributed by atoms with E-state index in [4.69, 9.17) is 0 Å². The molecule has 2 aromatic rings. The van der Waals surface area contributed by atoms with Crippen molar-refractivity contribution in [2.75, 3.05) is 0 Å². The number of unbranched alkanes of at least 4 members (excludes halogenated alkanes) is 4. The van der Waals surface area contributed by atoms with Crippen LogP contribution in [0.25, 0.3) is 0 Å². The van der Waals surface area contributed by atoms with E-state index in [1.54, 1.807) is 11.8 Å². The number of hydrogen-bond donors (Lipinski definition) is 0. The van der Waals surface area contributed by atoms with Crippen molar-refractivity contribution in [3.63, 3.8) is 0 Å². The minimum atomic E-state index is -0.201. The minimum absolute atomic E-state index is 0.201. The van der Waals surface area contributed by atoms with Crippen LogP contribution >= 0.6 is 11.8 Å². The maximum absolute atomic E-state index is 11.1. The highest BCUT2D eigenvalue weighted by molar-refractivity contribution is 7.99. The van der Waals surface area contributed by atoms with Gasteiger partial charge in [0.2, 0.25) is 0 Å². The van der Waals surface area contributed by atoms with Gasteiger partial charge in [0.15, 0.2) is 0 Å². The van der Waals surface area contributed by atoms with Gasteiger partial charge in [-0.15, -0.1) is 0 Å². The van der Waals surface area contributed by atoms with Crippen LogP contribution in [0.1, 0.15) is 57.1 Å². The molecule has 2 rings (SSSR count). The number of rotatable bonds is 10. The van der Waals surface area contributed by atoms with Gasteiger partial charge in [-0.05, 0) is 36.2 Å². The van der Waals surface area contributed by atoms with E-state index >= 15 is 0 Å². The van der Waals surface area contributed by atoms with Crippen LogP contribution in [0.2, 0.25) is 0 Å². The average molecular weight is 327 g/mol. The molecule has 0 saturated heterocycles. The molecular weight excluding hydrogens is 302 g/mol. The van der Waals surface area contributed by atoms with Crippen LogP contribution in [0.3, 0.4) is 0 Å². The van der Waals surface area contributed by atoms with Gasteiger partial charge in [-0.25, -0.2) is 0 Å². The van der Waals surface area contributed by atoms with E-state index < -0.39 is 0 Å². The fraction of sp³-hybridized carbons (Fsp3) is 0.400. The van der Waals surface area contributed by atoms with Crippen molar-refractivity contribution < 1.29 is 0 Å². The van der Waals surface area contributed by atoms with E-state index in [0.717, 1.165) is 18.4 Å². The first-order chi connectivity index (χ1) is 11.3. The molecule has 0 heterocycles. The second-order valence-corrected chi connectivity index (χ2v) is 6.96. The van der Waals surface area contributed by atoms with Gasteiger partial charge in [0.05, 0.1) is 0 Å². The summed E-state index contributed by atoms with van der Waals surface area (Å²) in [6.45, 7) is 2.21. The van der Waals surface area contributed by atoms with Gasteiger partial charge in [0.25, 0.3) is 0 Å². The van der Waals surface area contributed by atoms with Crippen molar-refractivity contribution >= 4 is 11.8 Å². The smallest absolute Gasteiger partial charge is 0.117 e. The summed E-state index contributed by atoms with van der Waals surface area (Å²) in [5, 5.41) is 3.33. The maximum atomic E-state index is 11.1. The Bertz CT molecular complexity index is 568.